The van der Waals surface area contributed by atoms with Crippen molar-refractivity contribution in [1.29, 1.82) is 0 Å². The molecule has 0 aliphatic heterocycles. The fraction of sp³-hybridized carbons (Fsp3) is 0.333. The van der Waals surface area contributed by atoms with Crippen LogP contribution in [0.25, 0.3) is 0 Å². The van der Waals surface area contributed by atoms with Crippen LogP contribution < -0.4 is 9.21 Å². The number of hydrogen-bond acceptors (Lipinski definition) is 6. The first-order valence-electron chi connectivity index (χ1n) is 5.88. The van der Waals surface area contributed by atoms with Gasteiger partial charge in [-0.2, -0.15) is 0 Å². The lowest BCUT2D eigenvalue weighted by molar-refractivity contribution is 0.399. The Morgan fingerprint density at radius 1 is 1.15 bits per heavy atom. The Bertz CT molecular complexity index is 692. The number of nitrogens with zero attached hydrogens (tertiary/aromatic N) is 4. The standard InChI is InChI=1S/C12H16N4O3S/c1-9-7-12(14-19-9)16(4)20(17,18)10-5-6-11(13-8-10)15(2)3/h5-8H,1-4H3. The average molecular weight is 296 g/mol. The van der Waals surface area contributed by atoms with Crippen LogP contribution in [0.2, 0.25) is 0 Å². The van der Waals surface area contributed by atoms with Gasteiger partial charge in [0.05, 0.1) is 0 Å². The van der Waals surface area contributed by atoms with E-state index in [9.17, 15) is 8.42 Å². The smallest absolute Gasteiger partial charge is 0.266 e. The average Bonchev–Trinajstić information content (AvgIpc) is 2.84. The fourth-order valence-electron chi connectivity index (χ4n) is 1.57. The van der Waals surface area contributed by atoms with Gasteiger partial charge >= 0.3 is 0 Å². The molecule has 0 aromatic carbocycles. The molecule has 0 spiro atoms. The third-order valence-corrected chi connectivity index (χ3v) is 4.52. The second kappa shape index (κ2) is 5.12. The highest BCUT2D eigenvalue weighted by Crippen LogP contribution is 2.22. The topological polar surface area (TPSA) is 79.5 Å². The normalized spacial score (nSPS) is 11.4. The van der Waals surface area contributed by atoms with E-state index in [-0.39, 0.29) is 10.7 Å². The summed E-state index contributed by atoms with van der Waals surface area (Å²) in [7, 11) is 1.40. The Labute approximate surface area is 117 Å². The van der Waals surface area contributed by atoms with E-state index in [2.05, 4.69) is 10.1 Å². The SMILES string of the molecule is Cc1cc(N(C)S(=O)(=O)c2ccc(N(C)C)nc2)no1. The van der Waals surface area contributed by atoms with Gasteiger partial charge in [0.25, 0.3) is 10.0 Å². The number of sulfonamides is 1. The van der Waals surface area contributed by atoms with Crippen LogP contribution in [-0.2, 0) is 10.0 Å². The Morgan fingerprint density at radius 3 is 2.30 bits per heavy atom. The fourth-order valence-corrected chi connectivity index (χ4v) is 2.65. The van der Waals surface area contributed by atoms with Crippen molar-refractivity contribution in [3.63, 3.8) is 0 Å². The zero-order chi connectivity index (χ0) is 14.9. The van der Waals surface area contributed by atoms with Crippen molar-refractivity contribution in [2.45, 2.75) is 11.8 Å². The molecule has 7 nitrogen and oxygen atoms in total. The Hall–Kier alpha value is -2.09. The van der Waals surface area contributed by atoms with Gasteiger partial charge in [0.15, 0.2) is 5.82 Å². The molecule has 0 radical (unpaired) electrons. The van der Waals surface area contributed by atoms with Crippen LogP contribution in [0.1, 0.15) is 5.76 Å². The summed E-state index contributed by atoms with van der Waals surface area (Å²) in [4.78, 5) is 6.00. The molecule has 2 heterocycles. The van der Waals surface area contributed by atoms with Crippen molar-refractivity contribution in [1.82, 2.24) is 10.1 Å². The second-order valence-corrected chi connectivity index (χ2v) is 6.48. The molecule has 2 aromatic rings. The predicted molar refractivity (Wildman–Crippen MR) is 75.4 cm³/mol. The molecule has 0 aliphatic rings. The lowest BCUT2D eigenvalue weighted by atomic mass is 10.4. The molecule has 0 amide bonds. The van der Waals surface area contributed by atoms with Crippen LogP contribution in [0.5, 0.6) is 0 Å². The van der Waals surface area contributed by atoms with Gasteiger partial charge in [-0.1, -0.05) is 5.16 Å². The van der Waals surface area contributed by atoms with Gasteiger partial charge in [-0.25, -0.2) is 17.7 Å². The summed E-state index contributed by atoms with van der Waals surface area (Å²) < 4.78 is 30.8. The number of aromatic nitrogens is 2. The van der Waals surface area contributed by atoms with Crippen molar-refractivity contribution in [2.24, 2.45) is 0 Å². The molecule has 0 N–H and O–H groups in total. The predicted octanol–water partition coefficient (Wildman–Crippen LogP) is 1.27. The lowest BCUT2D eigenvalue weighted by Gasteiger charge is -2.16. The first-order valence-corrected chi connectivity index (χ1v) is 7.32. The summed E-state index contributed by atoms with van der Waals surface area (Å²) in [6.07, 6.45) is 1.33. The zero-order valence-corrected chi connectivity index (χ0v) is 12.5. The van der Waals surface area contributed by atoms with E-state index in [1.165, 1.54) is 19.3 Å². The molecule has 8 heteroatoms. The van der Waals surface area contributed by atoms with Crippen molar-refractivity contribution >= 4 is 21.7 Å². The van der Waals surface area contributed by atoms with Crippen LogP contribution in [-0.4, -0.2) is 39.7 Å². The molecule has 0 bridgehead atoms. The van der Waals surface area contributed by atoms with E-state index in [1.807, 2.05) is 14.1 Å². The molecule has 0 saturated carbocycles. The van der Waals surface area contributed by atoms with Crippen LogP contribution in [0, 0.1) is 6.92 Å². The molecule has 0 saturated heterocycles. The number of anilines is 2. The monoisotopic (exact) mass is 296 g/mol. The van der Waals surface area contributed by atoms with Crippen molar-refractivity contribution in [3.8, 4) is 0 Å². The maximum Gasteiger partial charge on any atom is 0.266 e. The van der Waals surface area contributed by atoms with Gasteiger partial charge in [-0.3, -0.25) is 0 Å². The first-order chi connectivity index (χ1) is 9.32. The largest absolute Gasteiger partial charge is 0.363 e. The number of aryl methyl sites for hydroxylation is 1. The minimum absolute atomic E-state index is 0.103. The quantitative estimate of drug-likeness (QED) is 0.845. The minimum atomic E-state index is -3.69. The van der Waals surface area contributed by atoms with Gasteiger partial charge in [0, 0.05) is 33.4 Å². The number of hydrogen-bond donors (Lipinski definition) is 0. The molecule has 0 unspecified atom stereocenters. The van der Waals surface area contributed by atoms with E-state index in [0.717, 1.165) is 4.31 Å². The zero-order valence-electron chi connectivity index (χ0n) is 11.7. The van der Waals surface area contributed by atoms with Crippen LogP contribution >= 0.6 is 0 Å². The molecule has 0 atom stereocenters. The second-order valence-electron chi connectivity index (χ2n) is 4.51. The Kier molecular flexibility index (Phi) is 3.67. The molecule has 108 valence electrons. The van der Waals surface area contributed by atoms with Gasteiger partial charge in [0.2, 0.25) is 0 Å². The third-order valence-electron chi connectivity index (χ3n) is 2.78. The molecule has 2 rings (SSSR count). The van der Waals surface area contributed by atoms with Crippen molar-refractivity contribution in [2.75, 3.05) is 30.3 Å². The highest BCUT2D eigenvalue weighted by molar-refractivity contribution is 7.92. The van der Waals surface area contributed by atoms with Gasteiger partial charge < -0.3 is 9.42 Å². The summed E-state index contributed by atoms with van der Waals surface area (Å²) in [5.74, 6) is 1.46. The molecule has 0 fully saturated rings. The van der Waals surface area contributed by atoms with Crippen LogP contribution in [0.15, 0.2) is 33.8 Å². The summed E-state index contributed by atoms with van der Waals surface area (Å²) in [6.45, 7) is 1.70. The maximum absolute atomic E-state index is 12.4. The summed E-state index contributed by atoms with van der Waals surface area (Å²) in [6, 6.07) is 4.72. The highest BCUT2D eigenvalue weighted by Gasteiger charge is 2.24. The molecule has 0 aliphatic carbocycles. The van der Waals surface area contributed by atoms with E-state index in [1.54, 1.807) is 24.0 Å². The summed E-state index contributed by atoms with van der Waals surface area (Å²) in [5, 5.41) is 3.70. The van der Waals surface area contributed by atoms with E-state index >= 15 is 0 Å². The lowest BCUT2D eigenvalue weighted by Crippen LogP contribution is -2.27. The van der Waals surface area contributed by atoms with Gasteiger partial charge in [-0.15, -0.1) is 0 Å². The Balaban J connectivity index is 2.34. The third kappa shape index (κ3) is 2.60. The summed E-state index contributed by atoms with van der Waals surface area (Å²) in [5.41, 5.74) is 0. The number of pyridine rings is 1. The highest BCUT2D eigenvalue weighted by atomic mass is 32.2. The van der Waals surface area contributed by atoms with E-state index < -0.39 is 10.0 Å². The molecule has 20 heavy (non-hydrogen) atoms. The van der Waals surface area contributed by atoms with Crippen LogP contribution in [0.3, 0.4) is 0 Å². The maximum atomic E-state index is 12.4. The molecular formula is C12H16N4O3S. The van der Waals surface area contributed by atoms with Gasteiger partial charge in [-0.05, 0) is 19.1 Å². The Morgan fingerprint density at radius 2 is 1.85 bits per heavy atom. The number of rotatable bonds is 4. The van der Waals surface area contributed by atoms with E-state index in [4.69, 9.17) is 4.52 Å². The molecular weight excluding hydrogens is 280 g/mol. The van der Waals surface area contributed by atoms with Gasteiger partial charge in [0.1, 0.15) is 16.5 Å². The summed E-state index contributed by atoms with van der Waals surface area (Å²) >= 11 is 0. The van der Waals surface area contributed by atoms with Crippen molar-refractivity contribution in [3.05, 3.63) is 30.2 Å². The first kappa shape index (κ1) is 14.3. The molecule has 2 aromatic heterocycles. The minimum Gasteiger partial charge on any atom is -0.363 e. The van der Waals surface area contributed by atoms with E-state index in [0.29, 0.717) is 11.6 Å². The van der Waals surface area contributed by atoms with Crippen LogP contribution in [0.4, 0.5) is 11.6 Å². The van der Waals surface area contributed by atoms with Crippen molar-refractivity contribution < 1.29 is 12.9 Å².